The van der Waals surface area contributed by atoms with E-state index in [1.807, 2.05) is 37.3 Å². The molecule has 1 aliphatic heterocycles. The van der Waals surface area contributed by atoms with E-state index >= 15 is 0 Å². The maximum atomic E-state index is 12.8. The number of benzene rings is 2. The molecule has 2 atom stereocenters. The van der Waals surface area contributed by atoms with Crippen molar-refractivity contribution < 1.29 is 8.42 Å². The van der Waals surface area contributed by atoms with E-state index in [2.05, 4.69) is 20.9 Å². The highest BCUT2D eigenvalue weighted by Gasteiger charge is 2.31. The molecule has 2 aromatic carbocycles. The fourth-order valence-corrected chi connectivity index (χ4v) is 6.54. The Morgan fingerprint density at radius 2 is 1.91 bits per heavy atom. The fourth-order valence-electron chi connectivity index (χ4n) is 4.57. The van der Waals surface area contributed by atoms with Gasteiger partial charge >= 0.3 is 0 Å². The molecule has 0 N–H and O–H groups in total. The predicted octanol–water partition coefficient (Wildman–Crippen LogP) is 5.23. The second kappa shape index (κ2) is 11.0. The van der Waals surface area contributed by atoms with Gasteiger partial charge < -0.3 is 4.90 Å². The summed E-state index contributed by atoms with van der Waals surface area (Å²) in [5, 5.41) is 10.4. The second-order valence-electron chi connectivity index (χ2n) is 8.87. The minimum Gasteiger partial charge on any atom is -0.361 e. The lowest BCUT2D eigenvalue weighted by molar-refractivity contribution is 0.202. The van der Waals surface area contributed by atoms with Gasteiger partial charge in [-0.2, -0.15) is 5.26 Å². The van der Waals surface area contributed by atoms with Crippen molar-refractivity contribution in [2.24, 2.45) is 5.92 Å². The number of nitrogens with zero attached hydrogens (tertiary/aromatic N) is 4. The Labute approximate surface area is 216 Å². The predicted molar refractivity (Wildman–Crippen MR) is 140 cm³/mol. The van der Waals surface area contributed by atoms with E-state index in [1.165, 1.54) is 6.20 Å². The Morgan fingerprint density at radius 1 is 1.14 bits per heavy atom. The second-order valence-corrected chi connectivity index (χ2v) is 11.8. The number of piperazine rings is 1. The first-order valence-corrected chi connectivity index (χ1v) is 13.7. The van der Waals surface area contributed by atoms with Crippen LogP contribution < -0.4 is 4.90 Å². The van der Waals surface area contributed by atoms with Crippen LogP contribution in [0.5, 0.6) is 0 Å². The maximum Gasteiger partial charge on any atom is 0.180 e. The Hall–Kier alpha value is -2.63. The average Bonchev–Trinajstić information content (AvgIpc) is 2.85. The Bertz CT molecular complexity index is 1310. The summed E-state index contributed by atoms with van der Waals surface area (Å²) >= 11 is 12.7. The van der Waals surface area contributed by atoms with Gasteiger partial charge in [0.1, 0.15) is 0 Å². The molecule has 1 fully saturated rings. The summed E-state index contributed by atoms with van der Waals surface area (Å²) in [6, 6.07) is 18.5. The SMILES string of the molecule is C[C@@H](CN1CCN(c2ccc(C#N)cc2Cl)[C@H](c2ccc(Cl)cc2)C1)CS(=O)(=O)c1cccnc1. The third-order valence-corrected chi connectivity index (χ3v) is 8.70. The van der Waals surface area contributed by atoms with E-state index in [1.54, 1.807) is 30.5 Å². The standard InChI is InChI=1S/C26H26Cl2N4O2S/c1-19(18-35(33,34)23-3-2-10-30-15-23)16-31-11-12-32(25-9-4-20(14-29)13-24(25)28)26(17-31)21-5-7-22(27)8-6-21/h2-10,13,15,19,26H,11-12,16-18H2,1H3/t19-,26-/m0/s1. The van der Waals surface area contributed by atoms with Crippen molar-refractivity contribution in [3.63, 3.8) is 0 Å². The van der Waals surface area contributed by atoms with E-state index in [-0.39, 0.29) is 22.6 Å². The average molecular weight is 529 g/mol. The number of sulfone groups is 1. The lowest BCUT2D eigenvalue weighted by Gasteiger charge is -2.44. The fraction of sp³-hybridized carbons (Fsp3) is 0.308. The van der Waals surface area contributed by atoms with Crippen molar-refractivity contribution in [2.75, 3.05) is 36.8 Å². The number of rotatable bonds is 7. The van der Waals surface area contributed by atoms with Crippen LogP contribution in [0.4, 0.5) is 5.69 Å². The molecule has 1 saturated heterocycles. The highest BCUT2D eigenvalue weighted by Crippen LogP contribution is 2.36. The van der Waals surface area contributed by atoms with Crippen LogP contribution >= 0.6 is 23.2 Å². The molecule has 1 aromatic heterocycles. The molecule has 0 unspecified atom stereocenters. The van der Waals surface area contributed by atoms with Gasteiger partial charge in [0, 0.05) is 43.6 Å². The molecule has 0 radical (unpaired) electrons. The quantitative estimate of drug-likeness (QED) is 0.417. The highest BCUT2D eigenvalue weighted by atomic mass is 35.5. The summed E-state index contributed by atoms with van der Waals surface area (Å²) in [5.74, 6) is 0.00233. The summed E-state index contributed by atoms with van der Waals surface area (Å²) in [5.41, 5.74) is 2.48. The van der Waals surface area contributed by atoms with Crippen LogP contribution in [0.25, 0.3) is 0 Å². The molecule has 9 heteroatoms. The van der Waals surface area contributed by atoms with Gasteiger partial charge in [0.05, 0.1) is 39.0 Å². The number of hydrogen-bond donors (Lipinski definition) is 0. The first-order valence-electron chi connectivity index (χ1n) is 11.3. The number of hydrogen-bond acceptors (Lipinski definition) is 6. The summed E-state index contributed by atoms with van der Waals surface area (Å²) in [7, 11) is -3.40. The first-order chi connectivity index (χ1) is 16.8. The molecular formula is C26H26Cl2N4O2S. The van der Waals surface area contributed by atoms with Crippen LogP contribution in [0.2, 0.25) is 10.0 Å². The zero-order valence-electron chi connectivity index (χ0n) is 19.3. The monoisotopic (exact) mass is 528 g/mol. The summed E-state index contributed by atoms with van der Waals surface area (Å²) < 4.78 is 25.6. The van der Waals surface area contributed by atoms with Crippen molar-refractivity contribution in [2.45, 2.75) is 17.9 Å². The molecule has 0 aliphatic carbocycles. The summed E-state index contributed by atoms with van der Waals surface area (Å²) in [4.78, 5) is 8.75. The van der Waals surface area contributed by atoms with Crippen LogP contribution in [0.1, 0.15) is 24.1 Å². The molecular weight excluding hydrogens is 503 g/mol. The van der Waals surface area contributed by atoms with Gasteiger partial charge in [0.25, 0.3) is 0 Å². The van der Waals surface area contributed by atoms with Crippen molar-refractivity contribution in [1.82, 2.24) is 9.88 Å². The van der Waals surface area contributed by atoms with Gasteiger partial charge in [0.15, 0.2) is 9.84 Å². The molecule has 0 bridgehead atoms. The van der Waals surface area contributed by atoms with E-state index < -0.39 is 9.84 Å². The van der Waals surface area contributed by atoms with Gasteiger partial charge in [-0.25, -0.2) is 8.42 Å². The van der Waals surface area contributed by atoms with Gasteiger partial charge in [-0.1, -0.05) is 42.3 Å². The topological polar surface area (TPSA) is 77.3 Å². The van der Waals surface area contributed by atoms with E-state index in [9.17, 15) is 13.7 Å². The molecule has 4 rings (SSSR count). The van der Waals surface area contributed by atoms with Crippen LogP contribution in [-0.2, 0) is 9.84 Å². The zero-order valence-corrected chi connectivity index (χ0v) is 21.6. The zero-order chi connectivity index (χ0) is 25.0. The minimum absolute atomic E-state index is 0.00594. The molecule has 3 aromatic rings. The molecule has 0 spiro atoms. The molecule has 0 amide bonds. The summed E-state index contributed by atoms with van der Waals surface area (Å²) in [6.07, 6.45) is 2.97. The van der Waals surface area contributed by atoms with Crippen LogP contribution in [0.15, 0.2) is 71.9 Å². The molecule has 0 saturated carbocycles. The van der Waals surface area contributed by atoms with Gasteiger partial charge in [-0.3, -0.25) is 9.88 Å². The van der Waals surface area contributed by atoms with E-state index in [0.717, 1.165) is 17.8 Å². The first kappa shape index (κ1) is 25.5. The van der Waals surface area contributed by atoms with Crippen molar-refractivity contribution >= 4 is 38.7 Å². The third kappa shape index (κ3) is 6.14. The lowest BCUT2D eigenvalue weighted by Crippen LogP contribution is -2.50. The Balaban J connectivity index is 1.53. The number of aromatic nitrogens is 1. The largest absolute Gasteiger partial charge is 0.361 e. The van der Waals surface area contributed by atoms with Gasteiger partial charge in [-0.05, 0) is 53.9 Å². The number of anilines is 1. The minimum atomic E-state index is -3.40. The molecule has 1 aliphatic rings. The van der Waals surface area contributed by atoms with Gasteiger partial charge in [-0.15, -0.1) is 0 Å². The smallest absolute Gasteiger partial charge is 0.180 e. The molecule has 2 heterocycles. The Morgan fingerprint density at radius 3 is 2.57 bits per heavy atom. The van der Waals surface area contributed by atoms with Crippen LogP contribution in [-0.4, -0.2) is 50.2 Å². The Kier molecular flexibility index (Phi) is 7.98. The van der Waals surface area contributed by atoms with E-state index in [4.69, 9.17) is 23.2 Å². The lowest BCUT2D eigenvalue weighted by atomic mass is 10.00. The van der Waals surface area contributed by atoms with Crippen molar-refractivity contribution in [3.8, 4) is 6.07 Å². The molecule has 6 nitrogen and oxygen atoms in total. The van der Waals surface area contributed by atoms with Crippen molar-refractivity contribution in [3.05, 3.63) is 88.2 Å². The highest BCUT2D eigenvalue weighted by molar-refractivity contribution is 7.91. The number of halogens is 2. The summed E-state index contributed by atoms with van der Waals surface area (Å²) in [6.45, 7) is 4.79. The molecule has 35 heavy (non-hydrogen) atoms. The van der Waals surface area contributed by atoms with Crippen molar-refractivity contribution in [1.29, 1.82) is 5.26 Å². The van der Waals surface area contributed by atoms with Crippen LogP contribution in [0.3, 0.4) is 0 Å². The van der Waals surface area contributed by atoms with E-state index in [0.29, 0.717) is 35.2 Å². The van der Waals surface area contributed by atoms with Gasteiger partial charge in [0.2, 0.25) is 0 Å². The van der Waals surface area contributed by atoms with Crippen LogP contribution in [0, 0.1) is 17.2 Å². The maximum absolute atomic E-state index is 12.8. The normalized spacial score (nSPS) is 17.7. The number of nitriles is 1. The molecule has 182 valence electrons. The third-order valence-electron chi connectivity index (χ3n) is 6.17. The number of pyridine rings is 1.